The average molecular weight is 251 g/mol. The number of thiazole rings is 1. The molecule has 0 saturated heterocycles. The predicted molar refractivity (Wildman–Crippen MR) is 69.8 cm³/mol. The van der Waals surface area contributed by atoms with E-state index in [4.69, 9.17) is 5.73 Å². The number of nitrogens with two attached hydrogens (primary N) is 1. The third kappa shape index (κ3) is 2.96. The number of hydrogen-bond acceptors (Lipinski definition) is 5. The molecule has 5 heteroatoms. The minimum atomic E-state index is 0.629. The zero-order valence-corrected chi connectivity index (χ0v) is 10.9. The normalized spacial score (nSPS) is 10.6. The van der Waals surface area contributed by atoms with Crippen molar-refractivity contribution in [3.8, 4) is 0 Å². The molecule has 2 rings (SSSR count). The second-order valence-electron chi connectivity index (χ2n) is 3.59. The Morgan fingerprint density at radius 3 is 2.75 bits per heavy atom. The van der Waals surface area contributed by atoms with Crippen molar-refractivity contribution in [2.45, 2.75) is 24.6 Å². The standard InChI is InChI=1S/C11H13N3S2/c1-7-3-8(2)13-10(4-7)15-5-9-6-16-11(12)14-9/h3-4,6H,5H2,1-2H3,(H2,12,14). The number of rotatable bonds is 3. The summed E-state index contributed by atoms with van der Waals surface area (Å²) in [5.74, 6) is 0.823. The monoisotopic (exact) mass is 251 g/mol. The van der Waals surface area contributed by atoms with Crippen molar-refractivity contribution in [1.82, 2.24) is 9.97 Å². The summed E-state index contributed by atoms with van der Waals surface area (Å²) >= 11 is 3.17. The van der Waals surface area contributed by atoms with Gasteiger partial charge >= 0.3 is 0 Å². The molecule has 0 aliphatic carbocycles. The molecule has 2 heterocycles. The summed E-state index contributed by atoms with van der Waals surface area (Å²) in [6.07, 6.45) is 0. The van der Waals surface area contributed by atoms with E-state index in [9.17, 15) is 0 Å². The molecule has 3 nitrogen and oxygen atoms in total. The van der Waals surface area contributed by atoms with E-state index < -0.39 is 0 Å². The molecule has 84 valence electrons. The molecule has 0 aliphatic heterocycles. The molecule has 0 fully saturated rings. The Morgan fingerprint density at radius 1 is 1.31 bits per heavy atom. The third-order valence-electron chi connectivity index (χ3n) is 2.01. The van der Waals surface area contributed by atoms with Crippen molar-refractivity contribution in [2.24, 2.45) is 0 Å². The van der Waals surface area contributed by atoms with Gasteiger partial charge in [0, 0.05) is 16.8 Å². The molecule has 0 aromatic carbocycles. The van der Waals surface area contributed by atoms with E-state index in [2.05, 4.69) is 29.0 Å². The van der Waals surface area contributed by atoms with E-state index in [1.165, 1.54) is 16.9 Å². The van der Waals surface area contributed by atoms with Gasteiger partial charge in [-0.2, -0.15) is 0 Å². The van der Waals surface area contributed by atoms with Gasteiger partial charge in [-0.3, -0.25) is 0 Å². The van der Waals surface area contributed by atoms with Crippen molar-refractivity contribution in [3.63, 3.8) is 0 Å². The molecule has 0 spiro atoms. The Hall–Kier alpha value is -1.07. The van der Waals surface area contributed by atoms with Gasteiger partial charge in [-0.1, -0.05) is 11.8 Å². The molecule has 2 aromatic heterocycles. The first-order chi connectivity index (χ1) is 7.63. The fourth-order valence-corrected chi connectivity index (χ4v) is 3.00. The van der Waals surface area contributed by atoms with Crippen molar-refractivity contribution in [3.05, 3.63) is 34.5 Å². The Morgan fingerprint density at radius 2 is 2.12 bits per heavy atom. The summed E-state index contributed by atoms with van der Waals surface area (Å²) in [5, 5.41) is 3.67. The average Bonchev–Trinajstić information content (AvgIpc) is 2.60. The number of hydrogen-bond donors (Lipinski definition) is 1. The van der Waals surface area contributed by atoms with E-state index in [1.807, 2.05) is 12.3 Å². The number of nitrogen functional groups attached to an aromatic ring is 1. The molecular weight excluding hydrogens is 238 g/mol. The maximum atomic E-state index is 5.58. The number of aromatic nitrogens is 2. The smallest absolute Gasteiger partial charge is 0.180 e. The van der Waals surface area contributed by atoms with Gasteiger partial charge < -0.3 is 5.73 Å². The van der Waals surface area contributed by atoms with Gasteiger partial charge in [-0.25, -0.2) is 9.97 Å². The maximum absolute atomic E-state index is 5.58. The Labute approximate surface area is 103 Å². The Balaban J connectivity index is 2.04. The largest absolute Gasteiger partial charge is 0.375 e. The summed E-state index contributed by atoms with van der Waals surface area (Å²) in [5.41, 5.74) is 8.90. The first-order valence-electron chi connectivity index (χ1n) is 4.91. The van der Waals surface area contributed by atoms with E-state index >= 15 is 0 Å². The van der Waals surface area contributed by atoms with Gasteiger partial charge in [0.15, 0.2) is 5.13 Å². The summed E-state index contributed by atoms with van der Waals surface area (Å²) in [6, 6.07) is 4.16. The zero-order valence-electron chi connectivity index (χ0n) is 9.23. The molecule has 0 bridgehead atoms. The number of nitrogens with zero attached hydrogens (tertiary/aromatic N) is 2. The molecule has 0 saturated carbocycles. The molecule has 0 unspecified atom stereocenters. The topological polar surface area (TPSA) is 51.8 Å². The van der Waals surface area contributed by atoms with Gasteiger partial charge in [-0.05, 0) is 31.5 Å². The van der Waals surface area contributed by atoms with Gasteiger partial charge in [0.25, 0.3) is 0 Å². The second-order valence-corrected chi connectivity index (χ2v) is 5.48. The minimum Gasteiger partial charge on any atom is -0.375 e. The Bertz CT molecular complexity index is 473. The molecule has 0 radical (unpaired) electrons. The maximum Gasteiger partial charge on any atom is 0.180 e. The van der Waals surface area contributed by atoms with Gasteiger partial charge in [0.1, 0.15) is 0 Å². The predicted octanol–water partition coefficient (Wildman–Crippen LogP) is 3.03. The van der Waals surface area contributed by atoms with Gasteiger partial charge in [0.05, 0.1) is 10.7 Å². The van der Waals surface area contributed by atoms with Crippen LogP contribution in [0, 0.1) is 13.8 Å². The highest BCUT2D eigenvalue weighted by Crippen LogP contribution is 2.23. The molecule has 16 heavy (non-hydrogen) atoms. The highest BCUT2D eigenvalue weighted by molar-refractivity contribution is 7.98. The number of aryl methyl sites for hydroxylation is 2. The molecule has 0 amide bonds. The highest BCUT2D eigenvalue weighted by Gasteiger charge is 2.02. The molecule has 0 aliphatic rings. The van der Waals surface area contributed by atoms with Crippen LogP contribution in [0.1, 0.15) is 17.0 Å². The van der Waals surface area contributed by atoms with Crippen LogP contribution in [0.2, 0.25) is 0 Å². The molecule has 2 N–H and O–H groups in total. The SMILES string of the molecule is Cc1cc(C)nc(SCc2csc(N)n2)c1. The van der Waals surface area contributed by atoms with E-state index in [1.54, 1.807) is 11.8 Å². The van der Waals surface area contributed by atoms with Crippen LogP contribution in [-0.4, -0.2) is 9.97 Å². The second kappa shape index (κ2) is 4.84. The first-order valence-corrected chi connectivity index (χ1v) is 6.78. The van der Waals surface area contributed by atoms with Crippen LogP contribution < -0.4 is 5.73 Å². The van der Waals surface area contributed by atoms with E-state index in [0.29, 0.717) is 5.13 Å². The lowest BCUT2D eigenvalue weighted by atomic mass is 10.3. The van der Waals surface area contributed by atoms with Crippen molar-refractivity contribution in [2.75, 3.05) is 5.73 Å². The van der Waals surface area contributed by atoms with Gasteiger partial charge in [-0.15, -0.1) is 11.3 Å². The summed E-state index contributed by atoms with van der Waals surface area (Å²) in [6.45, 7) is 4.09. The van der Waals surface area contributed by atoms with Crippen molar-refractivity contribution >= 4 is 28.2 Å². The van der Waals surface area contributed by atoms with E-state index in [-0.39, 0.29) is 0 Å². The van der Waals surface area contributed by atoms with E-state index in [0.717, 1.165) is 22.2 Å². The van der Waals surface area contributed by atoms with Crippen LogP contribution in [0.3, 0.4) is 0 Å². The number of thioether (sulfide) groups is 1. The van der Waals surface area contributed by atoms with Crippen LogP contribution >= 0.6 is 23.1 Å². The summed E-state index contributed by atoms with van der Waals surface area (Å²) in [7, 11) is 0. The fourth-order valence-electron chi connectivity index (χ4n) is 1.42. The number of pyridine rings is 1. The van der Waals surface area contributed by atoms with Crippen molar-refractivity contribution < 1.29 is 0 Å². The van der Waals surface area contributed by atoms with Gasteiger partial charge in [0.2, 0.25) is 0 Å². The number of anilines is 1. The minimum absolute atomic E-state index is 0.629. The lowest BCUT2D eigenvalue weighted by molar-refractivity contribution is 1.04. The first kappa shape index (κ1) is 11.4. The molecule has 0 atom stereocenters. The fraction of sp³-hybridized carbons (Fsp3) is 0.273. The lowest BCUT2D eigenvalue weighted by Gasteiger charge is -2.02. The Kier molecular flexibility index (Phi) is 3.46. The van der Waals surface area contributed by atoms with Crippen LogP contribution in [0.4, 0.5) is 5.13 Å². The van der Waals surface area contributed by atoms with Crippen molar-refractivity contribution in [1.29, 1.82) is 0 Å². The summed E-state index contributed by atoms with van der Waals surface area (Å²) < 4.78 is 0. The molecule has 2 aromatic rings. The van der Waals surface area contributed by atoms with Crippen LogP contribution in [0.25, 0.3) is 0 Å². The summed E-state index contributed by atoms with van der Waals surface area (Å²) in [4.78, 5) is 8.68. The van der Waals surface area contributed by atoms with Crippen LogP contribution in [0.15, 0.2) is 22.5 Å². The highest BCUT2D eigenvalue weighted by atomic mass is 32.2. The quantitative estimate of drug-likeness (QED) is 0.852. The zero-order chi connectivity index (χ0) is 11.5. The lowest BCUT2D eigenvalue weighted by Crippen LogP contribution is -1.89. The van der Waals surface area contributed by atoms with Crippen LogP contribution in [0.5, 0.6) is 0 Å². The molecular formula is C11H13N3S2. The van der Waals surface area contributed by atoms with Crippen LogP contribution in [-0.2, 0) is 5.75 Å². The third-order valence-corrected chi connectivity index (χ3v) is 3.68.